The van der Waals surface area contributed by atoms with Crippen molar-refractivity contribution in [3.05, 3.63) is 0 Å². The van der Waals surface area contributed by atoms with E-state index in [4.69, 9.17) is 0 Å². The van der Waals surface area contributed by atoms with Crippen molar-refractivity contribution in [2.24, 2.45) is 17.8 Å². The third-order valence-electron chi connectivity index (χ3n) is 5.98. The predicted molar refractivity (Wildman–Crippen MR) is 106 cm³/mol. The molecule has 0 bridgehead atoms. The van der Waals surface area contributed by atoms with Crippen LogP contribution in [0, 0.1) is 29.1 Å². The van der Waals surface area contributed by atoms with Crippen LogP contribution in [0.2, 0.25) is 0 Å². The lowest BCUT2D eigenvalue weighted by Crippen LogP contribution is -2.57. The van der Waals surface area contributed by atoms with Crippen molar-refractivity contribution in [1.29, 1.82) is 5.26 Å². The van der Waals surface area contributed by atoms with Crippen LogP contribution in [0.25, 0.3) is 0 Å². The van der Waals surface area contributed by atoms with E-state index in [1.807, 2.05) is 0 Å². The lowest BCUT2D eigenvalue weighted by atomic mass is 9.98. The Kier molecular flexibility index (Phi) is 8.61. The largest absolute Gasteiger partial charge is 0.471 e. The summed E-state index contributed by atoms with van der Waals surface area (Å²) in [5, 5.41) is 15.6. The molecule has 0 aromatic rings. The summed E-state index contributed by atoms with van der Waals surface area (Å²) < 4.78 is 78.4. The Bertz CT molecular complexity index is 885. The first kappa shape index (κ1) is 28.2. The molecule has 2 aliphatic heterocycles. The van der Waals surface area contributed by atoms with E-state index in [2.05, 4.69) is 10.6 Å². The average Bonchev–Trinajstić information content (AvgIpc) is 3.36. The summed E-state index contributed by atoms with van der Waals surface area (Å²) in [4.78, 5) is 49.4. The Labute approximate surface area is 196 Å². The minimum absolute atomic E-state index is 0.103. The lowest BCUT2D eigenvalue weighted by molar-refractivity contribution is -0.176. The normalized spacial score (nSPS) is 24.5. The van der Waals surface area contributed by atoms with E-state index in [1.54, 1.807) is 6.07 Å². The second-order valence-electron chi connectivity index (χ2n) is 8.88. The van der Waals surface area contributed by atoms with Crippen LogP contribution in [-0.2, 0) is 19.2 Å². The molecular formula is C20H25F6N5O4. The molecule has 35 heavy (non-hydrogen) atoms. The summed E-state index contributed by atoms with van der Waals surface area (Å²) in [5.74, 6) is -8.87. The molecule has 0 aromatic heterocycles. The van der Waals surface area contributed by atoms with Crippen LogP contribution in [0.4, 0.5) is 26.3 Å². The van der Waals surface area contributed by atoms with Gasteiger partial charge in [0.2, 0.25) is 17.7 Å². The van der Waals surface area contributed by atoms with Crippen molar-refractivity contribution in [1.82, 2.24) is 20.9 Å². The number of nitriles is 1. The molecule has 2 saturated heterocycles. The van der Waals surface area contributed by atoms with E-state index in [-0.39, 0.29) is 12.3 Å². The summed E-state index contributed by atoms with van der Waals surface area (Å²) in [6.07, 6.45) is -10.7. The number of carbonyl (C=O) groups excluding carboxylic acids is 4. The van der Waals surface area contributed by atoms with Crippen LogP contribution in [0.5, 0.6) is 0 Å². The molecule has 2 aliphatic rings. The summed E-state index contributed by atoms with van der Waals surface area (Å²) in [5.41, 5.74) is 0. The number of hydrogen-bond acceptors (Lipinski definition) is 5. The standard InChI is InChI=1S/C20H25F6N5O4/c1-9(2)14(30-18(35)20(24,25)26)17(34)31-8-11(19(21,22)23)6-13(31)16(33)29-12(7-27)5-10-3-4-28-15(10)32/h9-14H,3-6,8H2,1-2H3,(H,28,32)(H,29,33)(H,30,35)/t10-,11+,12?,13-,14?/m0/s1. The van der Waals surface area contributed by atoms with E-state index < -0.39 is 78.9 Å². The maximum absolute atomic E-state index is 13.4. The molecule has 15 heteroatoms. The molecule has 0 saturated carbocycles. The fourth-order valence-electron chi connectivity index (χ4n) is 4.05. The van der Waals surface area contributed by atoms with Gasteiger partial charge in [-0.3, -0.25) is 19.2 Å². The summed E-state index contributed by atoms with van der Waals surface area (Å²) in [6.45, 7) is 1.93. The van der Waals surface area contributed by atoms with Crippen LogP contribution in [0.1, 0.15) is 33.1 Å². The molecule has 5 atom stereocenters. The molecule has 196 valence electrons. The molecule has 0 spiro atoms. The number of carbonyl (C=O) groups is 4. The Morgan fingerprint density at radius 3 is 2.26 bits per heavy atom. The number of amides is 4. The number of hydrogen-bond donors (Lipinski definition) is 3. The van der Waals surface area contributed by atoms with E-state index in [1.165, 1.54) is 19.2 Å². The van der Waals surface area contributed by atoms with Crippen LogP contribution in [-0.4, -0.2) is 72.1 Å². The Morgan fingerprint density at radius 2 is 1.80 bits per heavy atom. The second-order valence-corrected chi connectivity index (χ2v) is 8.88. The minimum atomic E-state index is -5.34. The maximum Gasteiger partial charge on any atom is 0.471 e. The highest BCUT2D eigenvalue weighted by molar-refractivity contribution is 5.94. The third kappa shape index (κ3) is 6.98. The first-order valence-corrected chi connectivity index (χ1v) is 10.8. The van der Waals surface area contributed by atoms with Crippen LogP contribution in [0.15, 0.2) is 0 Å². The minimum Gasteiger partial charge on any atom is -0.356 e. The van der Waals surface area contributed by atoms with Gasteiger partial charge in [0, 0.05) is 19.0 Å². The maximum atomic E-state index is 13.4. The lowest BCUT2D eigenvalue weighted by Gasteiger charge is -2.31. The number of halogens is 6. The number of nitrogens with one attached hydrogen (secondary N) is 3. The van der Waals surface area contributed by atoms with E-state index in [9.17, 15) is 50.8 Å². The topological polar surface area (TPSA) is 131 Å². The highest BCUT2D eigenvalue weighted by atomic mass is 19.4. The predicted octanol–water partition coefficient (Wildman–Crippen LogP) is 1.00. The molecule has 2 heterocycles. The quantitative estimate of drug-likeness (QED) is 0.438. The molecule has 0 aliphatic carbocycles. The molecule has 3 N–H and O–H groups in total. The Morgan fingerprint density at radius 1 is 1.17 bits per heavy atom. The van der Waals surface area contributed by atoms with Gasteiger partial charge in [0.1, 0.15) is 18.1 Å². The molecule has 2 unspecified atom stereocenters. The average molecular weight is 513 g/mol. The van der Waals surface area contributed by atoms with Crippen molar-refractivity contribution in [2.45, 2.75) is 63.6 Å². The molecule has 0 aromatic carbocycles. The first-order valence-electron chi connectivity index (χ1n) is 10.8. The van der Waals surface area contributed by atoms with Crippen LogP contribution < -0.4 is 16.0 Å². The van der Waals surface area contributed by atoms with Gasteiger partial charge >= 0.3 is 18.3 Å². The van der Waals surface area contributed by atoms with Crippen molar-refractivity contribution in [3.63, 3.8) is 0 Å². The Hall–Kier alpha value is -3.05. The van der Waals surface area contributed by atoms with Gasteiger partial charge in [-0.05, 0) is 25.2 Å². The van der Waals surface area contributed by atoms with Crippen molar-refractivity contribution in [3.8, 4) is 6.07 Å². The third-order valence-corrected chi connectivity index (χ3v) is 5.98. The number of nitrogens with zero attached hydrogens (tertiary/aromatic N) is 2. The second kappa shape index (κ2) is 10.7. The van der Waals surface area contributed by atoms with Crippen molar-refractivity contribution in [2.75, 3.05) is 13.1 Å². The van der Waals surface area contributed by atoms with Gasteiger partial charge in [-0.2, -0.15) is 31.6 Å². The summed E-state index contributed by atoms with van der Waals surface area (Å²) >= 11 is 0. The summed E-state index contributed by atoms with van der Waals surface area (Å²) in [7, 11) is 0. The SMILES string of the molecule is CC(C)C(NC(=O)C(F)(F)F)C(=O)N1C[C@H](C(F)(F)F)C[C@H]1C(=O)NC(C#N)C[C@@H]1CCNC1=O. The van der Waals surface area contributed by atoms with Gasteiger partial charge in [-0.1, -0.05) is 13.8 Å². The van der Waals surface area contributed by atoms with Crippen molar-refractivity contribution < 1.29 is 45.5 Å². The summed E-state index contributed by atoms with van der Waals surface area (Å²) in [6, 6.07) is -3.08. The van der Waals surface area contributed by atoms with Gasteiger partial charge < -0.3 is 20.9 Å². The van der Waals surface area contributed by atoms with Gasteiger partial charge in [0.05, 0.1) is 12.0 Å². The first-order chi connectivity index (χ1) is 16.1. The van der Waals surface area contributed by atoms with E-state index in [0.29, 0.717) is 17.9 Å². The van der Waals surface area contributed by atoms with Gasteiger partial charge in [0.25, 0.3) is 0 Å². The number of alkyl halides is 6. The molecule has 4 amide bonds. The zero-order valence-electron chi connectivity index (χ0n) is 18.8. The molecular weight excluding hydrogens is 488 g/mol. The zero-order chi connectivity index (χ0) is 26.7. The van der Waals surface area contributed by atoms with Gasteiger partial charge in [-0.25, -0.2) is 0 Å². The molecule has 2 rings (SSSR count). The van der Waals surface area contributed by atoms with Crippen LogP contribution in [0.3, 0.4) is 0 Å². The number of rotatable bonds is 7. The zero-order valence-corrected chi connectivity index (χ0v) is 18.8. The van der Waals surface area contributed by atoms with Crippen molar-refractivity contribution >= 4 is 23.6 Å². The molecule has 9 nitrogen and oxygen atoms in total. The molecule has 0 radical (unpaired) electrons. The highest BCUT2D eigenvalue weighted by Gasteiger charge is 2.52. The van der Waals surface area contributed by atoms with Gasteiger partial charge in [-0.15, -0.1) is 0 Å². The van der Waals surface area contributed by atoms with Gasteiger partial charge in [0.15, 0.2) is 0 Å². The number of likely N-dealkylation sites (tertiary alicyclic amines) is 1. The van der Waals surface area contributed by atoms with Crippen LogP contribution >= 0.6 is 0 Å². The fraction of sp³-hybridized carbons (Fsp3) is 0.750. The fourth-order valence-corrected chi connectivity index (χ4v) is 4.05. The smallest absolute Gasteiger partial charge is 0.356 e. The monoisotopic (exact) mass is 513 g/mol. The molecule has 2 fully saturated rings. The Balaban J connectivity index is 2.24. The van der Waals surface area contributed by atoms with E-state index >= 15 is 0 Å². The van der Waals surface area contributed by atoms with E-state index in [0.717, 1.165) is 0 Å². The highest BCUT2D eigenvalue weighted by Crippen LogP contribution is 2.37.